The minimum absolute atomic E-state index is 0.0243. The second kappa shape index (κ2) is 3.86. The monoisotopic (exact) mass is 181 g/mol. The zero-order valence-corrected chi connectivity index (χ0v) is 7.48. The van der Waals surface area contributed by atoms with Gasteiger partial charge in [0.05, 0.1) is 5.69 Å². The molecule has 70 valence electrons. The summed E-state index contributed by atoms with van der Waals surface area (Å²) in [6, 6.07) is 3.34. The minimum Gasteiger partial charge on any atom is -0.476 e. The average molecular weight is 181 g/mol. The van der Waals surface area contributed by atoms with E-state index >= 15 is 0 Å². The van der Waals surface area contributed by atoms with E-state index < -0.39 is 5.97 Å². The number of hydrogen-bond acceptors (Lipinski definition) is 4. The number of rotatable bonds is 3. The quantitative estimate of drug-likeness (QED) is 0.671. The molecule has 0 aliphatic carbocycles. The Morgan fingerprint density at radius 2 is 2.31 bits per heavy atom. The molecule has 0 saturated carbocycles. The lowest BCUT2D eigenvalue weighted by Gasteiger charge is -2.14. The molecule has 0 unspecified atom stereocenters. The van der Waals surface area contributed by atoms with Gasteiger partial charge in [0.2, 0.25) is 0 Å². The molecule has 1 aromatic rings. The predicted octanol–water partition coefficient (Wildman–Crippen LogP) is 0.668. The van der Waals surface area contributed by atoms with Gasteiger partial charge >= 0.3 is 5.97 Å². The van der Waals surface area contributed by atoms with Gasteiger partial charge in [-0.25, -0.2) is 14.8 Å². The Bertz CT molecular complexity index is 312. The van der Waals surface area contributed by atoms with Crippen molar-refractivity contribution in [3.05, 3.63) is 24.0 Å². The molecule has 0 amide bonds. The number of carbonyl (C=O) groups is 1. The van der Waals surface area contributed by atoms with Crippen molar-refractivity contribution < 1.29 is 9.90 Å². The van der Waals surface area contributed by atoms with E-state index in [0.717, 1.165) is 0 Å². The van der Waals surface area contributed by atoms with Gasteiger partial charge in [-0.05, 0) is 12.1 Å². The molecule has 0 fully saturated rings. The number of carboxylic acid groups (broad SMARTS) is 1. The number of nitrogens with zero attached hydrogens (tertiary/aromatic N) is 2. The lowest BCUT2D eigenvalue weighted by molar-refractivity contribution is 0.0691. The number of pyridine rings is 1. The summed E-state index contributed by atoms with van der Waals surface area (Å²) >= 11 is 0. The van der Waals surface area contributed by atoms with Crippen LogP contribution in [-0.4, -0.2) is 35.2 Å². The highest BCUT2D eigenvalue weighted by atomic mass is 16.4. The number of hydrogen-bond donors (Lipinski definition) is 2. The molecule has 0 aliphatic rings. The van der Waals surface area contributed by atoms with Crippen LogP contribution in [0.4, 0.5) is 5.69 Å². The Morgan fingerprint density at radius 1 is 1.62 bits per heavy atom. The highest BCUT2D eigenvalue weighted by Gasteiger charge is 2.10. The van der Waals surface area contributed by atoms with Crippen LogP contribution in [0.5, 0.6) is 0 Å². The molecule has 0 aromatic carbocycles. The van der Waals surface area contributed by atoms with Crippen molar-refractivity contribution in [1.29, 1.82) is 0 Å². The topological polar surface area (TPSA) is 65.5 Å². The Labute approximate surface area is 76.0 Å². The predicted molar refractivity (Wildman–Crippen MR) is 48.5 cm³/mol. The zero-order valence-electron chi connectivity index (χ0n) is 7.48. The van der Waals surface area contributed by atoms with Crippen LogP contribution in [0.2, 0.25) is 0 Å². The molecule has 0 saturated heterocycles. The van der Waals surface area contributed by atoms with E-state index in [4.69, 9.17) is 5.11 Å². The minimum atomic E-state index is -1.04. The molecule has 13 heavy (non-hydrogen) atoms. The van der Waals surface area contributed by atoms with E-state index in [1.54, 1.807) is 31.2 Å². The standard InChI is InChI=1S/C8H11N3O2/c1-11(2)10-6-4-3-5-9-7(6)8(12)13/h3-5,10H,1-2H3,(H,12,13). The third-order valence-electron chi connectivity index (χ3n) is 1.35. The van der Waals surface area contributed by atoms with Gasteiger partial charge in [-0.15, -0.1) is 0 Å². The Hall–Kier alpha value is -1.62. The summed E-state index contributed by atoms with van der Waals surface area (Å²) in [6.45, 7) is 0. The number of carboxylic acids is 1. The zero-order chi connectivity index (χ0) is 9.84. The third-order valence-corrected chi connectivity index (χ3v) is 1.35. The molecule has 0 atom stereocenters. The fourth-order valence-electron chi connectivity index (χ4n) is 0.907. The average Bonchev–Trinajstić information content (AvgIpc) is 2.03. The Kier molecular flexibility index (Phi) is 2.81. The van der Waals surface area contributed by atoms with Crippen molar-refractivity contribution in [3.8, 4) is 0 Å². The van der Waals surface area contributed by atoms with Gasteiger partial charge in [0.25, 0.3) is 0 Å². The van der Waals surface area contributed by atoms with E-state index in [1.165, 1.54) is 6.20 Å². The molecule has 1 heterocycles. The first-order valence-electron chi connectivity index (χ1n) is 3.73. The maximum absolute atomic E-state index is 10.7. The van der Waals surface area contributed by atoms with Gasteiger partial charge < -0.3 is 10.5 Å². The molecule has 0 spiro atoms. The van der Waals surface area contributed by atoms with Crippen LogP contribution in [0.3, 0.4) is 0 Å². The third kappa shape index (κ3) is 2.41. The van der Waals surface area contributed by atoms with Gasteiger partial charge in [-0.2, -0.15) is 0 Å². The summed E-state index contributed by atoms with van der Waals surface area (Å²) in [5.74, 6) is -1.04. The van der Waals surface area contributed by atoms with Crippen LogP contribution in [0.1, 0.15) is 10.5 Å². The number of hydrazine groups is 1. The summed E-state index contributed by atoms with van der Waals surface area (Å²) in [4.78, 5) is 14.4. The fourth-order valence-corrected chi connectivity index (χ4v) is 0.907. The van der Waals surface area contributed by atoms with E-state index in [9.17, 15) is 4.79 Å². The molecular formula is C8H11N3O2. The highest BCUT2D eigenvalue weighted by molar-refractivity contribution is 5.91. The summed E-state index contributed by atoms with van der Waals surface area (Å²) in [5.41, 5.74) is 3.36. The molecule has 0 aliphatic heterocycles. The van der Waals surface area contributed by atoms with Gasteiger partial charge in [0.15, 0.2) is 5.69 Å². The number of anilines is 1. The summed E-state index contributed by atoms with van der Waals surface area (Å²) in [7, 11) is 3.55. The van der Waals surface area contributed by atoms with Crippen molar-refractivity contribution in [2.24, 2.45) is 0 Å². The number of aromatic nitrogens is 1. The van der Waals surface area contributed by atoms with Crippen molar-refractivity contribution in [2.45, 2.75) is 0 Å². The fraction of sp³-hybridized carbons (Fsp3) is 0.250. The largest absolute Gasteiger partial charge is 0.476 e. The number of aromatic carboxylic acids is 1. The van der Waals surface area contributed by atoms with E-state index in [2.05, 4.69) is 10.4 Å². The SMILES string of the molecule is CN(C)Nc1cccnc1C(=O)O. The van der Waals surface area contributed by atoms with Crippen molar-refractivity contribution in [2.75, 3.05) is 19.5 Å². The Balaban J connectivity index is 2.98. The van der Waals surface area contributed by atoms with Crippen molar-refractivity contribution in [3.63, 3.8) is 0 Å². The number of nitrogens with one attached hydrogen (secondary N) is 1. The lowest BCUT2D eigenvalue weighted by Crippen LogP contribution is -2.21. The van der Waals surface area contributed by atoms with Gasteiger partial charge in [-0.3, -0.25) is 0 Å². The maximum Gasteiger partial charge on any atom is 0.356 e. The van der Waals surface area contributed by atoms with Crippen LogP contribution in [0.15, 0.2) is 18.3 Å². The van der Waals surface area contributed by atoms with Crippen LogP contribution < -0.4 is 5.43 Å². The smallest absolute Gasteiger partial charge is 0.356 e. The summed E-state index contributed by atoms with van der Waals surface area (Å²) < 4.78 is 0. The van der Waals surface area contributed by atoms with Gasteiger partial charge in [0, 0.05) is 20.3 Å². The molecule has 1 rings (SSSR count). The second-order valence-corrected chi connectivity index (χ2v) is 2.71. The van der Waals surface area contributed by atoms with Crippen molar-refractivity contribution in [1.82, 2.24) is 9.99 Å². The van der Waals surface area contributed by atoms with E-state index in [1.807, 2.05) is 0 Å². The first-order chi connectivity index (χ1) is 6.11. The molecule has 2 N–H and O–H groups in total. The molecule has 0 bridgehead atoms. The molecule has 5 heteroatoms. The first kappa shape index (κ1) is 9.47. The van der Waals surface area contributed by atoms with Gasteiger partial charge in [-0.1, -0.05) is 0 Å². The summed E-state index contributed by atoms with van der Waals surface area (Å²) in [5, 5.41) is 10.4. The van der Waals surface area contributed by atoms with Crippen LogP contribution >= 0.6 is 0 Å². The Morgan fingerprint density at radius 3 is 2.85 bits per heavy atom. The maximum atomic E-state index is 10.7. The van der Waals surface area contributed by atoms with Crippen LogP contribution in [0, 0.1) is 0 Å². The summed E-state index contributed by atoms with van der Waals surface area (Å²) in [6.07, 6.45) is 1.45. The highest BCUT2D eigenvalue weighted by Crippen LogP contribution is 2.11. The van der Waals surface area contributed by atoms with E-state index in [0.29, 0.717) is 5.69 Å². The second-order valence-electron chi connectivity index (χ2n) is 2.71. The van der Waals surface area contributed by atoms with Crippen LogP contribution in [-0.2, 0) is 0 Å². The molecule has 1 aromatic heterocycles. The van der Waals surface area contributed by atoms with Gasteiger partial charge in [0.1, 0.15) is 0 Å². The van der Waals surface area contributed by atoms with Crippen LogP contribution in [0.25, 0.3) is 0 Å². The van der Waals surface area contributed by atoms with E-state index in [-0.39, 0.29) is 5.69 Å². The molecule has 5 nitrogen and oxygen atoms in total. The lowest BCUT2D eigenvalue weighted by atomic mass is 10.3. The molecular weight excluding hydrogens is 170 g/mol. The first-order valence-corrected chi connectivity index (χ1v) is 3.73. The molecule has 0 radical (unpaired) electrons. The van der Waals surface area contributed by atoms with Crippen molar-refractivity contribution >= 4 is 11.7 Å². The normalized spacial score (nSPS) is 10.1.